The van der Waals surface area contributed by atoms with Gasteiger partial charge >= 0.3 is 0 Å². The van der Waals surface area contributed by atoms with Crippen molar-refractivity contribution < 1.29 is 9.21 Å². The van der Waals surface area contributed by atoms with Crippen LogP contribution in [0.5, 0.6) is 0 Å². The van der Waals surface area contributed by atoms with Crippen molar-refractivity contribution in [3.05, 3.63) is 58.9 Å². The fourth-order valence-corrected chi connectivity index (χ4v) is 4.86. The molecular weight excluding hydrogens is 410 g/mol. The maximum Gasteiger partial charge on any atom is 0.272 e. The molecule has 3 aromatic heterocycles. The number of benzene rings is 1. The standard InChI is InChI=1S/C23H25N5O2S/c1-15-19(25-23(30-15)20-9-5-11-31-20)14-28-10-4-6-16(13-28)12-24-22(29)21-17-7-2-3-8-18(17)26-27-21/h2-3,5,7-9,11,16H,4,6,10,12-14H2,1H3,(H,24,29)(H,26,27). The van der Waals surface area contributed by atoms with Gasteiger partial charge in [0.2, 0.25) is 5.89 Å². The average molecular weight is 436 g/mol. The molecule has 0 spiro atoms. The van der Waals surface area contributed by atoms with Crippen LogP contribution in [0.2, 0.25) is 0 Å². The number of hydrogen-bond donors (Lipinski definition) is 2. The number of thiophene rings is 1. The number of para-hydroxylation sites is 1. The highest BCUT2D eigenvalue weighted by molar-refractivity contribution is 7.13. The van der Waals surface area contributed by atoms with Crippen molar-refractivity contribution in [3.8, 4) is 10.8 Å². The summed E-state index contributed by atoms with van der Waals surface area (Å²) in [5.41, 5.74) is 2.33. The smallest absolute Gasteiger partial charge is 0.272 e. The first-order valence-corrected chi connectivity index (χ1v) is 11.5. The first kappa shape index (κ1) is 20.0. The monoisotopic (exact) mass is 435 g/mol. The van der Waals surface area contributed by atoms with Gasteiger partial charge in [-0.3, -0.25) is 14.8 Å². The zero-order valence-electron chi connectivity index (χ0n) is 17.4. The molecule has 1 fully saturated rings. The Labute approximate surface area is 184 Å². The van der Waals surface area contributed by atoms with Crippen LogP contribution in [0, 0.1) is 12.8 Å². The number of amides is 1. The molecule has 5 rings (SSSR count). The van der Waals surface area contributed by atoms with Crippen LogP contribution in [-0.4, -0.2) is 45.6 Å². The number of aromatic amines is 1. The highest BCUT2D eigenvalue weighted by atomic mass is 32.1. The van der Waals surface area contributed by atoms with E-state index in [2.05, 4.69) is 20.4 Å². The molecule has 1 saturated heterocycles. The molecule has 1 aliphatic heterocycles. The third-order valence-electron chi connectivity index (χ3n) is 5.84. The van der Waals surface area contributed by atoms with Crippen LogP contribution < -0.4 is 5.32 Å². The number of oxazole rings is 1. The number of hydrogen-bond acceptors (Lipinski definition) is 6. The number of carbonyl (C=O) groups excluding carboxylic acids is 1. The van der Waals surface area contributed by atoms with Crippen LogP contribution in [0.1, 0.15) is 34.8 Å². The molecule has 7 nitrogen and oxygen atoms in total. The van der Waals surface area contributed by atoms with Gasteiger partial charge in [-0.15, -0.1) is 11.3 Å². The van der Waals surface area contributed by atoms with Crippen LogP contribution >= 0.6 is 11.3 Å². The summed E-state index contributed by atoms with van der Waals surface area (Å²) >= 11 is 1.64. The van der Waals surface area contributed by atoms with Crippen LogP contribution in [-0.2, 0) is 6.54 Å². The van der Waals surface area contributed by atoms with Crippen LogP contribution in [0.4, 0.5) is 0 Å². The molecule has 0 radical (unpaired) electrons. The van der Waals surface area contributed by atoms with Gasteiger partial charge in [-0.05, 0) is 49.7 Å². The van der Waals surface area contributed by atoms with Crippen molar-refractivity contribution in [1.29, 1.82) is 0 Å². The number of aromatic nitrogens is 3. The first-order chi connectivity index (χ1) is 15.2. The lowest BCUT2D eigenvalue weighted by atomic mass is 9.97. The molecule has 1 atom stereocenters. The maximum absolute atomic E-state index is 12.7. The number of aryl methyl sites for hydroxylation is 1. The number of H-pyrrole nitrogens is 1. The second-order valence-electron chi connectivity index (χ2n) is 8.07. The number of likely N-dealkylation sites (tertiary alicyclic amines) is 1. The van der Waals surface area contributed by atoms with E-state index in [1.165, 1.54) is 0 Å². The Morgan fingerprint density at radius 2 is 2.23 bits per heavy atom. The number of carbonyl (C=O) groups is 1. The van der Waals surface area contributed by atoms with Gasteiger partial charge in [0.1, 0.15) is 5.76 Å². The van der Waals surface area contributed by atoms with E-state index < -0.39 is 0 Å². The van der Waals surface area contributed by atoms with E-state index in [-0.39, 0.29) is 5.91 Å². The Bertz CT molecular complexity index is 1180. The van der Waals surface area contributed by atoms with E-state index in [1.807, 2.05) is 48.7 Å². The summed E-state index contributed by atoms with van der Waals surface area (Å²) in [5, 5.41) is 13.1. The summed E-state index contributed by atoms with van der Waals surface area (Å²) < 4.78 is 5.89. The molecule has 1 unspecified atom stereocenters. The molecule has 31 heavy (non-hydrogen) atoms. The minimum absolute atomic E-state index is 0.123. The van der Waals surface area contributed by atoms with Crippen LogP contribution in [0.25, 0.3) is 21.7 Å². The fraction of sp³-hybridized carbons (Fsp3) is 0.348. The molecule has 8 heteroatoms. The molecule has 4 heterocycles. The minimum atomic E-state index is -0.123. The van der Waals surface area contributed by atoms with Gasteiger partial charge in [0.05, 0.1) is 16.1 Å². The molecule has 2 N–H and O–H groups in total. The molecule has 1 amide bonds. The highest BCUT2D eigenvalue weighted by Crippen LogP contribution is 2.27. The van der Waals surface area contributed by atoms with Crippen LogP contribution in [0.3, 0.4) is 0 Å². The predicted molar refractivity (Wildman–Crippen MR) is 121 cm³/mol. The topological polar surface area (TPSA) is 87.1 Å². The average Bonchev–Trinajstić information content (AvgIpc) is 3.53. The third kappa shape index (κ3) is 4.26. The zero-order valence-corrected chi connectivity index (χ0v) is 18.2. The Morgan fingerprint density at radius 3 is 3.10 bits per heavy atom. The van der Waals surface area contributed by atoms with Crippen LogP contribution in [0.15, 0.2) is 46.2 Å². The molecule has 0 bridgehead atoms. The Balaban J connectivity index is 1.19. The molecule has 4 aromatic rings. The SMILES string of the molecule is Cc1oc(-c2cccs2)nc1CN1CCCC(CNC(=O)c2n[nH]c3ccccc23)C1. The minimum Gasteiger partial charge on any atom is -0.440 e. The largest absolute Gasteiger partial charge is 0.440 e. The van der Waals surface area contributed by atoms with E-state index in [1.54, 1.807) is 11.3 Å². The number of nitrogens with one attached hydrogen (secondary N) is 2. The molecule has 1 aliphatic rings. The van der Waals surface area contributed by atoms with Crippen molar-refractivity contribution >= 4 is 28.1 Å². The third-order valence-corrected chi connectivity index (χ3v) is 6.70. The van der Waals surface area contributed by atoms with E-state index >= 15 is 0 Å². The number of rotatable bonds is 6. The second-order valence-corrected chi connectivity index (χ2v) is 9.02. The van der Waals surface area contributed by atoms with E-state index in [4.69, 9.17) is 9.40 Å². The maximum atomic E-state index is 12.7. The summed E-state index contributed by atoms with van der Waals surface area (Å²) in [7, 11) is 0. The van der Waals surface area contributed by atoms with Crippen molar-refractivity contribution in [1.82, 2.24) is 25.4 Å². The summed E-state index contributed by atoms with van der Waals surface area (Å²) in [6.45, 7) is 5.37. The van der Waals surface area contributed by atoms with Gasteiger partial charge in [0.25, 0.3) is 5.91 Å². The second kappa shape index (κ2) is 8.64. The predicted octanol–water partition coefficient (Wildman–Crippen LogP) is 4.23. The zero-order chi connectivity index (χ0) is 21.2. The fourth-order valence-electron chi connectivity index (χ4n) is 4.21. The summed E-state index contributed by atoms with van der Waals surface area (Å²) in [6, 6.07) is 11.7. The summed E-state index contributed by atoms with van der Waals surface area (Å²) in [5.74, 6) is 1.87. The lowest BCUT2D eigenvalue weighted by Gasteiger charge is -2.32. The lowest BCUT2D eigenvalue weighted by molar-refractivity contribution is 0.0927. The van der Waals surface area contributed by atoms with Gasteiger partial charge in [-0.1, -0.05) is 24.3 Å². The van der Waals surface area contributed by atoms with Gasteiger partial charge in [-0.2, -0.15) is 5.10 Å². The molecular formula is C23H25N5O2S. The lowest BCUT2D eigenvalue weighted by Crippen LogP contribution is -2.40. The van der Waals surface area contributed by atoms with Crippen molar-refractivity contribution in [2.45, 2.75) is 26.3 Å². The molecule has 160 valence electrons. The van der Waals surface area contributed by atoms with Gasteiger partial charge < -0.3 is 9.73 Å². The quantitative estimate of drug-likeness (QED) is 0.473. The summed E-state index contributed by atoms with van der Waals surface area (Å²) in [4.78, 5) is 20.9. The number of piperidine rings is 1. The van der Waals surface area contributed by atoms with Gasteiger partial charge in [-0.25, -0.2) is 4.98 Å². The molecule has 1 aromatic carbocycles. The molecule has 0 aliphatic carbocycles. The van der Waals surface area contributed by atoms with Crippen molar-refractivity contribution in [3.63, 3.8) is 0 Å². The Morgan fingerprint density at radius 1 is 1.32 bits per heavy atom. The number of fused-ring (bicyclic) bond motifs is 1. The van der Waals surface area contributed by atoms with Crippen molar-refractivity contribution in [2.75, 3.05) is 19.6 Å². The summed E-state index contributed by atoms with van der Waals surface area (Å²) in [6.07, 6.45) is 2.22. The normalized spacial score (nSPS) is 17.3. The Hall–Kier alpha value is -2.97. The van der Waals surface area contributed by atoms with E-state index in [9.17, 15) is 4.79 Å². The van der Waals surface area contributed by atoms with Gasteiger partial charge in [0.15, 0.2) is 5.69 Å². The van der Waals surface area contributed by atoms with Crippen molar-refractivity contribution in [2.24, 2.45) is 5.92 Å². The van der Waals surface area contributed by atoms with Gasteiger partial charge in [0, 0.05) is 25.0 Å². The Kier molecular flexibility index (Phi) is 5.57. The molecule has 0 saturated carbocycles. The van der Waals surface area contributed by atoms with E-state index in [0.29, 0.717) is 24.0 Å². The van der Waals surface area contributed by atoms with E-state index in [0.717, 1.165) is 59.7 Å². The number of nitrogens with zero attached hydrogens (tertiary/aromatic N) is 3. The highest BCUT2D eigenvalue weighted by Gasteiger charge is 2.23. The first-order valence-electron chi connectivity index (χ1n) is 10.6.